The fourth-order valence-electron chi connectivity index (χ4n) is 0.289. The van der Waals surface area contributed by atoms with Gasteiger partial charge in [0.2, 0.25) is 0 Å². The van der Waals surface area contributed by atoms with Crippen LogP contribution in [0.15, 0.2) is 0 Å². The van der Waals surface area contributed by atoms with Gasteiger partial charge in [-0.25, -0.2) is 0 Å². The molecule has 0 aliphatic heterocycles. The van der Waals surface area contributed by atoms with Gasteiger partial charge in [0, 0.05) is 0 Å². The second-order valence-corrected chi connectivity index (χ2v) is 2.33. The van der Waals surface area contributed by atoms with Gasteiger partial charge in [0.05, 0.1) is 0 Å². The third kappa shape index (κ3) is 16.2. The van der Waals surface area contributed by atoms with Crippen molar-refractivity contribution in [3.05, 3.63) is 0 Å². The molecule has 0 atom stereocenters. The number of rotatable bonds is 3. The number of unbranched alkanes of at least 4 members (excludes halogenated alkanes) is 1. The molecule has 0 saturated carbocycles. The van der Waals surface area contributed by atoms with Gasteiger partial charge in [-0.05, 0) is 18.4 Å². The van der Waals surface area contributed by atoms with Gasteiger partial charge in [-0.1, -0.05) is 27.2 Å². The molecule has 0 amide bonds. The van der Waals surface area contributed by atoms with Crippen LogP contribution in [0.3, 0.4) is 0 Å². The van der Waals surface area contributed by atoms with Crippen molar-refractivity contribution in [1.29, 1.82) is 0 Å². The second-order valence-electron chi connectivity index (χ2n) is 1.35. The monoisotopic (exact) mass is 134 g/mol. The highest BCUT2D eigenvalue weighted by Gasteiger charge is 1.75. The topological polar surface area (TPSA) is 0 Å². The molecule has 52 valence electrons. The van der Waals surface area contributed by atoms with E-state index in [-0.39, 0.29) is 0 Å². The quantitative estimate of drug-likeness (QED) is 0.534. The summed E-state index contributed by atoms with van der Waals surface area (Å²) in [5.74, 6) is 1.33. The zero-order valence-corrected chi connectivity index (χ0v) is 7.35. The molecule has 0 unspecified atom stereocenters. The Balaban J connectivity index is 0. The maximum absolute atomic E-state index is 2.22. The van der Waals surface area contributed by atoms with Crippen LogP contribution in [0.25, 0.3) is 0 Å². The molecule has 0 N–H and O–H groups in total. The van der Waals surface area contributed by atoms with Crippen LogP contribution in [0.2, 0.25) is 0 Å². The maximum atomic E-state index is 2.22. The van der Waals surface area contributed by atoms with Crippen LogP contribution in [0.5, 0.6) is 0 Å². The molecule has 0 radical (unpaired) electrons. The minimum Gasteiger partial charge on any atom is -0.165 e. The molecular weight excluding hydrogens is 116 g/mol. The molecule has 8 heavy (non-hydrogen) atoms. The normalized spacial score (nSPS) is 7.50. The van der Waals surface area contributed by atoms with Crippen LogP contribution in [0.1, 0.15) is 33.6 Å². The first-order valence-electron chi connectivity index (χ1n) is 3.40. The summed E-state index contributed by atoms with van der Waals surface area (Å²) in [6.45, 7) is 6.22. The van der Waals surface area contributed by atoms with Crippen LogP contribution >= 0.6 is 11.8 Å². The minimum atomic E-state index is 1.33. The van der Waals surface area contributed by atoms with E-state index in [0.29, 0.717) is 0 Å². The van der Waals surface area contributed by atoms with E-state index in [4.69, 9.17) is 0 Å². The molecule has 0 aliphatic carbocycles. The van der Waals surface area contributed by atoms with Crippen LogP contribution in [-0.2, 0) is 0 Å². The van der Waals surface area contributed by atoms with E-state index >= 15 is 0 Å². The lowest BCUT2D eigenvalue weighted by Gasteiger charge is -1.86. The largest absolute Gasteiger partial charge is 0.165 e. The van der Waals surface area contributed by atoms with Gasteiger partial charge in [-0.2, -0.15) is 11.8 Å². The average molecular weight is 134 g/mol. The summed E-state index contributed by atoms with van der Waals surface area (Å²) in [6, 6.07) is 0. The highest BCUT2D eigenvalue weighted by molar-refractivity contribution is 7.98. The minimum absolute atomic E-state index is 1.33. The lowest BCUT2D eigenvalue weighted by Crippen LogP contribution is -1.71. The predicted molar refractivity (Wildman–Crippen MR) is 44.6 cm³/mol. The highest BCUT2D eigenvalue weighted by atomic mass is 32.2. The smallest absolute Gasteiger partial charge is 0.00704 e. The fourth-order valence-corrected chi connectivity index (χ4v) is 0.866. The number of hydrogen-bond acceptors (Lipinski definition) is 1. The Morgan fingerprint density at radius 2 is 1.75 bits per heavy atom. The molecule has 0 spiro atoms. The molecule has 0 aliphatic rings. The van der Waals surface area contributed by atoms with Crippen LogP contribution in [0, 0.1) is 0 Å². The molecule has 1 heteroatoms. The average Bonchev–Trinajstić information content (AvgIpc) is 1.88. The van der Waals surface area contributed by atoms with Crippen molar-refractivity contribution in [1.82, 2.24) is 0 Å². The summed E-state index contributed by atoms with van der Waals surface area (Å²) >= 11 is 1.93. The van der Waals surface area contributed by atoms with Crippen molar-refractivity contribution in [2.24, 2.45) is 0 Å². The standard InChI is InChI=1S/C5H12S.C2H6/c1-3-4-5-6-2;1-2/h3-5H2,1-2H3;1-2H3. The molecule has 0 saturated heterocycles. The lowest BCUT2D eigenvalue weighted by molar-refractivity contribution is 0.897. The van der Waals surface area contributed by atoms with E-state index < -0.39 is 0 Å². The van der Waals surface area contributed by atoms with E-state index in [1.165, 1.54) is 18.6 Å². The molecule has 0 aromatic carbocycles. The van der Waals surface area contributed by atoms with Crippen molar-refractivity contribution in [3.8, 4) is 0 Å². The van der Waals surface area contributed by atoms with Crippen molar-refractivity contribution in [3.63, 3.8) is 0 Å². The Hall–Kier alpha value is 0.350. The van der Waals surface area contributed by atoms with E-state index in [2.05, 4.69) is 13.2 Å². The van der Waals surface area contributed by atoms with Gasteiger partial charge in [-0.15, -0.1) is 0 Å². The molecule has 0 aromatic rings. The first-order valence-corrected chi connectivity index (χ1v) is 4.80. The third-order valence-corrected chi connectivity index (χ3v) is 1.40. The summed E-state index contributed by atoms with van der Waals surface area (Å²) in [4.78, 5) is 0. The number of hydrogen-bond donors (Lipinski definition) is 0. The first kappa shape index (κ1) is 11.2. The molecular formula is C7H18S. The van der Waals surface area contributed by atoms with Gasteiger partial charge >= 0.3 is 0 Å². The maximum Gasteiger partial charge on any atom is -0.00704 e. The predicted octanol–water partition coefficient (Wildman–Crippen LogP) is 3.18. The highest BCUT2D eigenvalue weighted by Crippen LogP contribution is 1.96. The number of thioether (sulfide) groups is 1. The van der Waals surface area contributed by atoms with Crippen molar-refractivity contribution >= 4 is 11.8 Å². The molecule has 0 rings (SSSR count). The molecule has 0 nitrogen and oxygen atoms in total. The summed E-state index contributed by atoms with van der Waals surface area (Å²) < 4.78 is 0. The van der Waals surface area contributed by atoms with Gasteiger partial charge in [0.15, 0.2) is 0 Å². The van der Waals surface area contributed by atoms with Crippen LogP contribution in [-0.4, -0.2) is 12.0 Å². The SMILES string of the molecule is CC.CCCCSC. The summed E-state index contributed by atoms with van der Waals surface area (Å²) in [6.07, 6.45) is 4.86. The van der Waals surface area contributed by atoms with Crippen LogP contribution < -0.4 is 0 Å². The van der Waals surface area contributed by atoms with E-state index in [0.717, 1.165) is 0 Å². The molecule has 0 fully saturated rings. The lowest BCUT2D eigenvalue weighted by atomic mass is 10.4. The first-order chi connectivity index (χ1) is 3.91. The van der Waals surface area contributed by atoms with Gasteiger partial charge in [-0.3, -0.25) is 0 Å². The summed E-state index contributed by atoms with van der Waals surface area (Å²) in [7, 11) is 0. The van der Waals surface area contributed by atoms with E-state index in [9.17, 15) is 0 Å². The fraction of sp³-hybridized carbons (Fsp3) is 1.00. The van der Waals surface area contributed by atoms with E-state index in [1.54, 1.807) is 0 Å². The van der Waals surface area contributed by atoms with Crippen LogP contribution in [0.4, 0.5) is 0 Å². The summed E-state index contributed by atoms with van der Waals surface area (Å²) in [5, 5.41) is 0. The van der Waals surface area contributed by atoms with Crippen molar-refractivity contribution in [2.45, 2.75) is 33.6 Å². The van der Waals surface area contributed by atoms with Gasteiger partial charge < -0.3 is 0 Å². The Kier molecular flexibility index (Phi) is 21.9. The van der Waals surface area contributed by atoms with Crippen molar-refractivity contribution < 1.29 is 0 Å². The Bertz CT molecular complexity index is 16.3. The summed E-state index contributed by atoms with van der Waals surface area (Å²) in [5.41, 5.74) is 0. The van der Waals surface area contributed by atoms with Gasteiger partial charge in [0.25, 0.3) is 0 Å². The zero-order chi connectivity index (χ0) is 6.83. The molecule has 0 bridgehead atoms. The molecule has 0 heterocycles. The Morgan fingerprint density at radius 3 is 1.88 bits per heavy atom. The molecule has 0 aromatic heterocycles. The van der Waals surface area contributed by atoms with Gasteiger partial charge in [0.1, 0.15) is 0 Å². The third-order valence-electron chi connectivity index (χ3n) is 0.702. The Morgan fingerprint density at radius 1 is 1.25 bits per heavy atom. The Labute approximate surface area is 58.1 Å². The van der Waals surface area contributed by atoms with E-state index in [1.807, 2.05) is 25.6 Å². The van der Waals surface area contributed by atoms with Crippen molar-refractivity contribution in [2.75, 3.05) is 12.0 Å². The second kappa shape index (κ2) is 15.7. The zero-order valence-electron chi connectivity index (χ0n) is 6.53.